The van der Waals surface area contributed by atoms with Crippen molar-refractivity contribution in [2.75, 3.05) is 13.6 Å². The van der Waals surface area contributed by atoms with Gasteiger partial charge in [0.05, 0.1) is 0 Å². The molecule has 0 saturated carbocycles. The molecule has 0 fully saturated rings. The second-order valence-corrected chi connectivity index (χ2v) is 5.73. The Bertz CT molecular complexity index is 362. The predicted molar refractivity (Wildman–Crippen MR) is 79.5 cm³/mol. The van der Waals surface area contributed by atoms with Crippen molar-refractivity contribution in [3.63, 3.8) is 0 Å². The van der Waals surface area contributed by atoms with Crippen LogP contribution < -0.4 is 5.73 Å². The molecule has 0 bridgehead atoms. The molecule has 0 saturated heterocycles. The van der Waals surface area contributed by atoms with E-state index in [0.717, 1.165) is 24.9 Å². The van der Waals surface area contributed by atoms with Gasteiger partial charge in [0.1, 0.15) is 5.82 Å². The van der Waals surface area contributed by atoms with E-state index in [0.29, 0.717) is 5.92 Å². The monoisotopic (exact) mass is 266 g/mol. The van der Waals surface area contributed by atoms with E-state index in [2.05, 4.69) is 32.7 Å². The van der Waals surface area contributed by atoms with Crippen LogP contribution in [0.5, 0.6) is 0 Å². The van der Waals surface area contributed by atoms with Gasteiger partial charge in [-0.05, 0) is 50.0 Å². The number of hydrogen-bond donors (Lipinski definition) is 1. The molecule has 108 valence electrons. The molecule has 0 aliphatic rings. The van der Waals surface area contributed by atoms with E-state index < -0.39 is 0 Å². The van der Waals surface area contributed by atoms with Crippen LogP contribution in [0.2, 0.25) is 0 Å². The van der Waals surface area contributed by atoms with Gasteiger partial charge in [-0.2, -0.15) is 0 Å². The fourth-order valence-electron chi connectivity index (χ4n) is 2.31. The van der Waals surface area contributed by atoms with Crippen LogP contribution in [-0.4, -0.2) is 24.5 Å². The van der Waals surface area contributed by atoms with Crippen LogP contribution in [0.3, 0.4) is 0 Å². The Labute approximate surface area is 116 Å². The molecule has 1 rings (SSSR count). The fraction of sp³-hybridized carbons (Fsp3) is 0.625. The molecule has 1 aromatic rings. The summed E-state index contributed by atoms with van der Waals surface area (Å²) in [6.07, 6.45) is 2.05. The van der Waals surface area contributed by atoms with Gasteiger partial charge in [-0.25, -0.2) is 4.39 Å². The average molecular weight is 266 g/mol. The van der Waals surface area contributed by atoms with Crippen LogP contribution in [0, 0.1) is 11.7 Å². The van der Waals surface area contributed by atoms with Crippen LogP contribution in [0.25, 0.3) is 0 Å². The first-order valence-electron chi connectivity index (χ1n) is 7.17. The van der Waals surface area contributed by atoms with E-state index in [-0.39, 0.29) is 17.9 Å². The highest BCUT2D eigenvalue weighted by Gasteiger charge is 2.22. The maximum Gasteiger partial charge on any atom is 0.123 e. The van der Waals surface area contributed by atoms with Crippen molar-refractivity contribution in [3.8, 4) is 0 Å². The highest BCUT2D eigenvalue weighted by atomic mass is 19.1. The Balaban J connectivity index is 2.85. The lowest BCUT2D eigenvalue weighted by molar-refractivity contribution is 0.199. The molecule has 3 heteroatoms. The summed E-state index contributed by atoms with van der Waals surface area (Å²) in [6.45, 7) is 7.55. The SMILES string of the molecule is CCC(N)C(c1ccc(F)cc1)N(C)CCC(C)C. The number of rotatable bonds is 7. The summed E-state index contributed by atoms with van der Waals surface area (Å²) in [5, 5.41) is 0. The molecule has 0 aliphatic heterocycles. The molecule has 0 aromatic heterocycles. The first-order chi connectivity index (χ1) is 8.95. The molecule has 2 unspecified atom stereocenters. The van der Waals surface area contributed by atoms with E-state index >= 15 is 0 Å². The standard InChI is InChI=1S/C16H27FN2/c1-5-15(18)16(19(4)11-10-12(2)3)13-6-8-14(17)9-7-13/h6-9,12,15-16H,5,10-11,18H2,1-4H3. The highest BCUT2D eigenvalue weighted by molar-refractivity contribution is 5.21. The number of nitrogens with two attached hydrogens (primary N) is 1. The maximum absolute atomic E-state index is 13.0. The van der Waals surface area contributed by atoms with Crippen molar-refractivity contribution in [2.24, 2.45) is 11.7 Å². The molecule has 2 atom stereocenters. The molecule has 0 spiro atoms. The Morgan fingerprint density at radius 2 is 1.79 bits per heavy atom. The van der Waals surface area contributed by atoms with E-state index in [9.17, 15) is 4.39 Å². The van der Waals surface area contributed by atoms with Crippen molar-refractivity contribution in [1.29, 1.82) is 0 Å². The number of benzene rings is 1. The van der Waals surface area contributed by atoms with Gasteiger partial charge >= 0.3 is 0 Å². The molecular weight excluding hydrogens is 239 g/mol. The van der Waals surface area contributed by atoms with E-state index in [1.165, 1.54) is 12.1 Å². The fourth-order valence-corrected chi connectivity index (χ4v) is 2.31. The van der Waals surface area contributed by atoms with Crippen molar-refractivity contribution in [1.82, 2.24) is 4.90 Å². The van der Waals surface area contributed by atoms with E-state index in [1.54, 1.807) is 0 Å². The average Bonchev–Trinajstić information content (AvgIpc) is 2.38. The van der Waals surface area contributed by atoms with E-state index in [1.807, 2.05) is 12.1 Å². The van der Waals surface area contributed by atoms with Crippen molar-refractivity contribution < 1.29 is 4.39 Å². The topological polar surface area (TPSA) is 29.3 Å². The first kappa shape index (κ1) is 16.1. The summed E-state index contributed by atoms with van der Waals surface area (Å²) in [5.41, 5.74) is 7.36. The molecular formula is C16H27FN2. The molecule has 19 heavy (non-hydrogen) atoms. The molecule has 0 radical (unpaired) electrons. The zero-order valence-corrected chi connectivity index (χ0v) is 12.6. The minimum Gasteiger partial charge on any atom is -0.326 e. The van der Waals surface area contributed by atoms with Gasteiger partial charge in [-0.3, -0.25) is 4.90 Å². The highest BCUT2D eigenvalue weighted by Crippen LogP contribution is 2.24. The molecule has 0 amide bonds. The summed E-state index contributed by atoms with van der Waals surface area (Å²) < 4.78 is 13.0. The maximum atomic E-state index is 13.0. The summed E-state index contributed by atoms with van der Waals surface area (Å²) in [7, 11) is 2.10. The van der Waals surface area contributed by atoms with Crippen LogP contribution in [0.15, 0.2) is 24.3 Å². The number of nitrogens with zero attached hydrogens (tertiary/aromatic N) is 1. The van der Waals surface area contributed by atoms with Gasteiger partial charge in [0.2, 0.25) is 0 Å². The summed E-state index contributed by atoms with van der Waals surface area (Å²) in [4.78, 5) is 2.29. The molecule has 0 aliphatic carbocycles. The van der Waals surface area contributed by atoms with Crippen LogP contribution >= 0.6 is 0 Å². The lowest BCUT2D eigenvalue weighted by Crippen LogP contribution is -2.39. The smallest absolute Gasteiger partial charge is 0.123 e. The first-order valence-corrected chi connectivity index (χ1v) is 7.17. The van der Waals surface area contributed by atoms with Gasteiger partial charge in [0.25, 0.3) is 0 Å². The predicted octanol–water partition coefficient (Wildman–Crippen LogP) is 3.58. The number of likely N-dealkylation sites (N-methyl/N-ethyl adjacent to an activating group) is 1. The van der Waals surface area contributed by atoms with Crippen molar-refractivity contribution in [3.05, 3.63) is 35.6 Å². The summed E-state index contributed by atoms with van der Waals surface area (Å²) in [5.74, 6) is 0.478. The third kappa shape index (κ3) is 4.92. The van der Waals surface area contributed by atoms with Crippen LogP contribution in [-0.2, 0) is 0 Å². The lowest BCUT2D eigenvalue weighted by Gasteiger charge is -2.33. The quantitative estimate of drug-likeness (QED) is 0.817. The molecule has 2 N–H and O–H groups in total. The van der Waals surface area contributed by atoms with Crippen LogP contribution in [0.1, 0.15) is 45.2 Å². The zero-order chi connectivity index (χ0) is 14.4. The van der Waals surface area contributed by atoms with Gasteiger partial charge in [0.15, 0.2) is 0 Å². The normalized spacial score (nSPS) is 14.9. The number of hydrogen-bond acceptors (Lipinski definition) is 2. The Morgan fingerprint density at radius 1 is 1.21 bits per heavy atom. The van der Waals surface area contributed by atoms with Crippen molar-refractivity contribution >= 4 is 0 Å². The third-order valence-electron chi connectivity index (χ3n) is 3.62. The summed E-state index contributed by atoms with van der Waals surface area (Å²) >= 11 is 0. The minimum atomic E-state index is -0.197. The van der Waals surface area contributed by atoms with E-state index in [4.69, 9.17) is 5.73 Å². The second kappa shape index (κ2) is 7.61. The van der Waals surface area contributed by atoms with Gasteiger partial charge < -0.3 is 5.73 Å². The van der Waals surface area contributed by atoms with Crippen LogP contribution in [0.4, 0.5) is 4.39 Å². The Hall–Kier alpha value is -0.930. The minimum absolute atomic E-state index is 0.0719. The lowest BCUT2D eigenvalue weighted by atomic mass is 9.96. The molecule has 0 heterocycles. The third-order valence-corrected chi connectivity index (χ3v) is 3.62. The Kier molecular flexibility index (Phi) is 6.46. The molecule has 1 aromatic carbocycles. The zero-order valence-electron chi connectivity index (χ0n) is 12.6. The van der Waals surface area contributed by atoms with Gasteiger partial charge in [-0.15, -0.1) is 0 Å². The summed E-state index contributed by atoms with van der Waals surface area (Å²) in [6, 6.07) is 6.96. The largest absolute Gasteiger partial charge is 0.326 e. The van der Waals surface area contributed by atoms with Crippen molar-refractivity contribution in [2.45, 2.75) is 45.7 Å². The number of halogens is 1. The second-order valence-electron chi connectivity index (χ2n) is 5.73. The van der Waals surface area contributed by atoms with Gasteiger partial charge in [-0.1, -0.05) is 32.9 Å². The van der Waals surface area contributed by atoms with Gasteiger partial charge in [0, 0.05) is 12.1 Å². The molecule has 2 nitrogen and oxygen atoms in total. The Morgan fingerprint density at radius 3 is 2.26 bits per heavy atom.